The molecule has 0 fully saturated rings. The van der Waals surface area contributed by atoms with Crippen molar-refractivity contribution in [2.75, 3.05) is 12.4 Å². The van der Waals surface area contributed by atoms with Crippen LogP contribution in [0.15, 0.2) is 36.7 Å². The van der Waals surface area contributed by atoms with Gasteiger partial charge < -0.3 is 15.2 Å². The maximum absolute atomic E-state index is 11.9. The molecule has 0 spiro atoms. The lowest BCUT2D eigenvalue weighted by molar-refractivity contribution is -0.141. The Morgan fingerprint density at radius 3 is 2.86 bits per heavy atom. The first-order valence-corrected chi connectivity index (χ1v) is 6.24. The molecule has 1 aromatic heterocycles. The van der Waals surface area contributed by atoms with E-state index in [0.29, 0.717) is 11.3 Å². The Morgan fingerprint density at radius 1 is 1.38 bits per heavy atom. The van der Waals surface area contributed by atoms with E-state index in [1.54, 1.807) is 18.2 Å². The van der Waals surface area contributed by atoms with Gasteiger partial charge in [0.25, 0.3) is 0 Å². The monoisotopic (exact) mass is 289 g/mol. The maximum atomic E-state index is 11.9. The largest absolute Gasteiger partial charge is 0.508 e. The number of aromatic nitrogens is 2. The molecule has 0 aliphatic carbocycles. The van der Waals surface area contributed by atoms with Crippen LogP contribution in [0.2, 0.25) is 0 Å². The van der Waals surface area contributed by atoms with Gasteiger partial charge >= 0.3 is 5.97 Å². The number of nitrogens with zero attached hydrogens (tertiary/aromatic N) is 2. The van der Waals surface area contributed by atoms with E-state index in [9.17, 15) is 14.7 Å². The van der Waals surface area contributed by atoms with Gasteiger partial charge in [0.2, 0.25) is 5.91 Å². The number of para-hydroxylation sites is 1. The number of aromatic hydroxyl groups is 1. The van der Waals surface area contributed by atoms with E-state index in [2.05, 4.69) is 15.2 Å². The van der Waals surface area contributed by atoms with E-state index in [-0.39, 0.29) is 24.6 Å². The fraction of sp³-hybridized carbons (Fsp3) is 0.214. The summed E-state index contributed by atoms with van der Waals surface area (Å²) in [7, 11) is 1.29. The highest BCUT2D eigenvalue weighted by atomic mass is 16.5. The zero-order valence-corrected chi connectivity index (χ0v) is 11.4. The lowest BCUT2D eigenvalue weighted by Crippen LogP contribution is -2.14. The van der Waals surface area contributed by atoms with Gasteiger partial charge in [0.05, 0.1) is 25.4 Å². The molecule has 0 saturated heterocycles. The highest BCUT2D eigenvalue weighted by Crippen LogP contribution is 2.16. The Labute approximate surface area is 121 Å². The van der Waals surface area contributed by atoms with Gasteiger partial charge in [-0.3, -0.25) is 14.3 Å². The molecule has 2 N–H and O–H groups in total. The molecular weight excluding hydrogens is 274 g/mol. The van der Waals surface area contributed by atoms with Crippen LogP contribution in [-0.4, -0.2) is 33.9 Å². The van der Waals surface area contributed by atoms with Crippen molar-refractivity contribution in [1.29, 1.82) is 0 Å². The number of ether oxygens (including phenoxy) is 1. The molecular formula is C14H15N3O4. The molecule has 0 bridgehead atoms. The standard InChI is InChI=1S/C14H15N3O4/c1-21-14(20)9-17-8-11(7-15-17)16-13(19)6-10-4-2-3-5-12(10)18/h2-5,7-8,18H,6,9H2,1H3,(H,16,19). The fourth-order valence-electron chi connectivity index (χ4n) is 1.75. The third-order valence-electron chi connectivity index (χ3n) is 2.78. The minimum absolute atomic E-state index is 0.0220. The molecule has 1 aromatic carbocycles. The molecule has 1 heterocycles. The first-order chi connectivity index (χ1) is 10.1. The number of rotatable bonds is 5. The van der Waals surface area contributed by atoms with Crippen molar-refractivity contribution < 1.29 is 19.4 Å². The Kier molecular flexibility index (Phi) is 4.55. The Morgan fingerprint density at radius 2 is 2.14 bits per heavy atom. The summed E-state index contributed by atoms with van der Waals surface area (Å²) in [5.41, 5.74) is 1.01. The summed E-state index contributed by atoms with van der Waals surface area (Å²) in [6, 6.07) is 6.64. The minimum atomic E-state index is -0.426. The van der Waals surface area contributed by atoms with Crippen LogP contribution in [0, 0.1) is 0 Å². The van der Waals surface area contributed by atoms with E-state index >= 15 is 0 Å². The summed E-state index contributed by atoms with van der Waals surface area (Å²) in [5.74, 6) is -0.631. The summed E-state index contributed by atoms with van der Waals surface area (Å²) in [4.78, 5) is 23.0. The molecule has 1 amide bonds. The first kappa shape index (κ1) is 14.6. The van der Waals surface area contributed by atoms with Crippen LogP contribution in [-0.2, 0) is 27.3 Å². The smallest absolute Gasteiger partial charge is 0.327 e. The number of nitrogens with one attached hydrogen (secondary N) is 1. The van der Waals surface area contributed by atoms with Crippen LogP contribution >= 0.6 is 0 Å². The summed E-state index contributed by atoms with van der Waals surface area (Å²) in [6.07, 6.45) is 3.01. The molecule has 0 unspecified atom stereocenters. The van der Waals surface area contributed by atoms with Crippen LogP contribution in [0.1, 0.15) is 5.56 Å². The van der Waals surface area contributed by atoms with E-state index in [1.807, 2.05) is 0 Å². The van der Waals surface area contributed by atoms with Gasteiger partial charge in [0, 0.05) is 11.8 Å². The molecule has 0 radical (unpaired) electrons. The van der Waals surface area contributed by atoms with Gasteiger partial charge in [-0.05, 0) is 6.07 Å². The summed E-state index contributed by atoms with van der Waals surface area (Å²) < 4.78 is 5.88. The number of hydrogen-bond acceptors (Lipinski definition) is 5. The second-order valence-corrected chi connectivity index (χ2v) is 4.36. The Bertz CT molecular complexity index is 651. The number of phenols is 1. The quantitative estimate of drug-likeness (QED) is 0.799. The zero-order valence-electron chi connectivity index (χ0n) is 11.4. The topological polar surface area (TPSA) is 93.5 Å². The van der Waals surface area contributed by atoms with E-state index in [1.165, 1.54) is 30.3 Å². The molecule has 0 atom stereocenters. The molecule has 0 aliphatic rings. The van der Waals surface area contributed by atoms with Crippen LogP contribution in [0.4, 0.5) is 5.69 Å². The molecule has 7 heteroatoms. The number of amides is 1. The normalized spacial score (nSPS) is 10.1. The zero-order chi connectivity index (χ0) is 15.2. The van der Waals surface area contributed by atoms with E-state index in [4.69, 9.17) is 0 Å². The average molecular weight is 289 g/mol. The van der Waals surface area contributed by atoms with Gasteiger partial charge in [-0.25, -0.2) is 0 Å². The minimum Gasteiger partial charge on any atom is -0.508 e. The number of benzene rings is 1. The molecule has 7 nitrogen and oxygen atoms in total. The second-order valence-electron chi connectivity index (χ2n) is 4.36. The van der Waals surface area contributed by atoms with Crippen LogP contribution in [0.3, 0.4) is 0 Å². The number of methoxy groups -OCH3 is 1. The van der Waals surface area contributed by atoms with Gasteiger partial charge in [0.1, 0.15) is 12.3 Å². The molecule has 110 valence electrons. The third kappa shape index (κ3) is 4.07. The number of anilines is 1. The highest BCUT2D eigenvalue weighted by molar-refractivity contribution is 5.92. The van der Waals surface area contributed by atoms with Crippen molar-refractivity contribution >= 4 is 17.6 Å². The predicted molar refractivity (Wildman–Crippen MR) is 74.7 cm³/mol. The van der Waals surface area contributed by atoms with Crippen molar-refractivity contribution in [3.05, 3.63) is 42.2 Å². The van der Waals surface area contributed by atoms with Gasteiger partial charge in [-0.2, -0.15) is 5.10 Å². The molecule has 21 heavy (non-hydrogen) atoms. The van der Waals surface area contributed by atoms with Crippen molar-refractivity contribution in [3.8, 4) is 5.75 Å². The summed E-state index contributed by atoms with van der Waals surface area (Å²) in [5, 5.41) is 16.2. The van der Waals surface area contributed by atoms with Gasteiger partial charge in [-0.1, -0.05) is 18.2 Å². The van der Waals surface area contributed by atoms with Crippen molar-refractivity contribution in [2.24, 2.45) is 0 Å². The van der Waals surface area contributed by atoms with E-state index in [0.717, 1.165) is 0 Å². The lowest BCUT2D eigenvalue weighted by atomic mass is 10.1. The van der Waals surface area contributed by atoms with Crippen molar-refractivity contribution in [3.63, 3.8) is 0 Å². The average Bonchev–Trinajstić information content (AvgIpc) is 2.88. The van der Waals surface area contributed by atoms with Crippen molar-refractivity contribution in [1.82, 2.24) is 9.78 Å². The number of phenolic OH excluding ortho intramolecular Hbond substituents is 1. The summed E-state index contributed by atoms with van der Waals surface area (Å²) >= 11 is 0. The van der Waals surface area contributed by atoms with Crippen LogP contribution in [0.25, 0.3) is 0 Å². The number of esters is 1. The van der Waals surface area contributed by atoms with Crippen molar-refractivity contribution in [2.45, 2.75) is 13.0 Å². The maximum Gasteiger partial charge on any atom is 0.327 e. The predicted octanol–water partition coefficient (Wildman–Crippen LogP) is 0.943. The van der Waals surface area contributed by atoms with Crippen LogP contribution in [0.5, 0.6) is 5.75 Å². The molecule has 0 aliphatic heterocycles. The number of carbonyl (C=O) groups is 2. The summed E-state index contributed by atoms with van der Waals surface area (Å²) in [6.45, 7) is -0.0220. The highest BCUT2D eigenvalue weighted by Gasteiger charge is 2.09. The fourth-order valence-corrected chi connectivity index (χ4v) is 1.75. The third-order valence-corrected chi connectivity index (χ3v) is 2.78. The van der Waals surface area contributed by atoms with Gasteiger partial charge in [-0.15, -0.1) is 0 Å². The molecule has 2 rings (SSSR count). The number of carbonyl (C=O) groups excluding carboxylic acids is 2. The lowest BCUT2D eigenvalue weighted by Gasteiger charge is -2.04. The van der Waals surface area contributed by atoms with Gasteiger partial charge in [0.15, 0.2) is 0 Å². The van der Waals surface area contributed by atoms with Crippen LogP contribution < -0.4 is 5.32 Å². The first-order valence-electron chi connectivity index (χ1n) is 6.24. The number of hydrogen-bond donors (Lipinski definition) is 2. The molecule has 0 saturated carbocycles. The SMILES string of the molecule is COC(=O)Cn1cc(NC(=O)Cc2ccccc2O)cn1. The second kappa shape index (κ2) is 6.56. The van der Waals surface area contributed by atoms with E-state index < -0.39 is 5.97 Å². The Balaban J connectivity index is 1.94. The Hall–Kier alpha value is -2.83. The molecule has 2 aromatic rings.